The number of hydrogen-bond acceptors (Lipinski definition) is 3. The standard InChI is InChI=1S/C34H22N2S/c1-3-9-23(10-4-1)26-19-27(24-11-5-2-6-12-24)21-28(20-26)34-35-18-17-31(36-34)25-15-16-30-29-13-7-8-14-32(29)37-33(30)22-25/h1-22H. The molecule has 7 rings (SSSR count). The summed E-state index contributed by atoms with van der Waals surface area (Å²) >= 11 is 1.83. The van der Waals surface area contributed by atoms with Gasteiger partial charge in [0.15, 0.2) is 5.82 Å². The second-order valence-electron chi connectivity index (χ2n) is 9.11. The Morgan fingerprint density at radius 2 is 1.05 bits per heavy atom. The van der Waals surface area contributed by atoms with Gasteiger partial charge in [-0.1, -0.05) is 91.0 Å². The fraction of sp³-hybridized carbons (Fsp3) is 0. The van der Waals surface area contributed by atoms with Crippen molar-refractivity contribution >= 4 is 31.5 Å². The first kappa shape index (κ1) is 21.7. The van der Waals surface area contributed by atoms with Crippen LogP contribution in [0.2, 0.25) is 0 Å². The Labute approximate surface area is 219 Å². The fourth-order valence-corrected chi connectivity index (χ4v) is 6.04. The van der Waals surface area contributed by atoms with Crippen molar-refractivity contribution in [2.24, 2.45) is 0 Å². The van der Waals surface area contributed by atoms with Gasteiger partial charge in [-0.05, 0) is 58.7 Å². The van der Waals surface area contributed by atoms with Crippen LogP contribution >= 0.6 is 11.3 Å². The summed E-state index contributed by atoms with van der Waals surface area (Å²) in [7, 11) is 0. The molecule has 3 heteroatoms. The van der Waals surface area contributed by atoms with Crippen molar-refractivity contribution in [1.29, 1.82) is 0 Å². The first-order valence-corrected chi connectivity index (χ1v) is 13.1. The van der Waals surface area contributed by atoms with Crippen LogP contribution in [-0.4, -0.2) is 9.97 Å². The minimum absolute atomic E-state index is 0.726. The second kappa shape index (κ2) is 9.12. The van der Waals surface area contributed by atoms with Crippen molar-refractivity contribution in [3.63, 3.8) is 0 Å². The van der Waals surface area contributed by atoms with Gasteiger partial charge in [-0.15, -0.1) is 11.3 Å². The third-order valence-electron chi connectivity index (χ3n) is 6.74. The maximum absolute atomic E-state index is 5.04. The van der Waals surface area contributed by atoms with Crippen LogP contribution in [0.1, 0.15) is 0 Å². The second-order valence-corrected chi connectivity index (χ2v) is 10.2. The molecule has 2 nitrogen and oxygen atoms in total. The largest absolute Gasteiger partial charge is 0.237 e. The molecule has 0 saturated carbocycles. The summed E-state index contributed by atoms with van der Waals surface area (Å²) in [4.78, 5) is 9.73. The van der Waals surface area contributed by atoms with Gasteiger partial charge in [-0.25, -0.2) is 9.97 Å². The zero-order valence-electron chi connectivity index (χ0n) is 20.0. The Morgan fingerprint density at radius 3 is 1.78 bits per heavy atom. The predicted molar refractivity (Wildman–Crippen MR) is 157 cm³/mol. The van der Waals surface area contributed by atoms with Gasteiger partial charge in [0.05, 0.1) is 5.69 Å². The molecule has 0 aliphatic heterocycles. The molecule has 0 saturated heterocycles. The van der Waals surface area contributed by atoms with E-state index in [-0.39, 0.29) is 0 Å². The van der Waals surface area contributed by atoms with Crippen molar-refractivity contribution in [2.75, 3.05) is 0 Å². The van der Waals surface area contributed by atoms with Crippen molar-refractivity contribution in [3.05, 3.63) is 134 Å². The van der Waals surface area contributed by atoms with Gasteiger partial charge in [0.2, 0.25) is 0 Å². The SMILES string of the molecule is c1ccc(-c2cc(-c3ccccc3)cc(-c3nccc(-c4ccc5c(c4)sc4ccccc45)n3)c2)cc1. The average Bonchev–Trinajstić information content (AvgIpc) is 3.36. The number of hydrogen-bond donors (Lipinski definition) is 0. The Bertz CT molecular complexity index is 1810. The van der Waals surface area contributed by atoms with E-state index in [0.717, 1.165) is 33.8 Å². The highest BCUT2D eigenvalue weighted by atomic mass is 32.1. The number of fused-ring (bicyclic) bond motifs is 3. The quantitative estimate of drug-likeness (QED) is 0.245. The average molecular weight is 491 g/mol. The van der Waals surface area contributed by atoms with E-state index >= 15 is 0 Å². The molecule has 5 aromatic carbocycles. The molecule has 174 valence electrons. The molecule has 0 atom stereocenters. The monoisotopic (exact) mass is 490 g/mol. The van der Waals surface area contributed by atoms with Crippen molar-refractivity contribution in [2.45, 2.75) is 0 Å². The number of benzene rings is 5. The van der Waals surface area contributed by atoms with Crippen LogP contribution in [0.3, 0.4) is 0 Å². The molecule has 0 spiro atoms. The molecule has 0 bridgehead atoms. The lowest BCUT2D eigenvalue weighted by Crippen LogP contribution is -1.93. The lowest BCUT2D eigenvalue weighted by atomic mass is 9.96. The topological polar surface area (TPSA) is 25.8 Å². The highest BCUT2D eigenvalue weighted by Gasteiger charge is 2.12. The zero-order valence-corrected chi connectivity index (χ0v) is 20.8. The first-order valence-electron chi connectivity index (χ1n) is 12.3. The molecular formula is C34H22N2S. The number of thiophene rings is 1. The van der Waals surface area contributed by atoms with E-state index in [1.165, 1.54) is 31.3 Å². The van der Waals surface area contributed by atoms with E-state index in [2.05, 4.69) is 109 Å². The molecular weight excluding hydrogens is 468 g/mol. The molecule has 0 radical (unpaired) electrons. The molecule has 0 aliphatic carbocycles. The van der Waals surface area contributed by atoms with Gasteiger partial charge in [-0.3, -0.25) is 0 Å². The third-order valence-corrected chi connectivity index (χ3v) is 7.87. The molecule has 0 amide bonds. The Hall–Kier alpha value is -4.60. The lowest BCUT2D eigenvalue weighted by Gasteiger charge is -2.11. The third kappa shape index (κ3) is 4.10. The molecule has 2 heterocycles. The molecule has 2 aromatic heterocycles. The van der Waals surface area contributed by atoms with Crippen LogP contribution in [0.5, 0.6) is 0 Å². The Balaban J connectivity index is 1.35. The first-order chi connectivity index (χ1) is 18.3. The van der Waals surface area contributed by atoms with Gasteiger partial charge < -0.3 is 0 Å². The molecule has 0 fully saturated rings. The van der Waals surface area contributed by atoms with Gasteiger partial charge in [0.25, 0.3) is 0 Å². The van der Waals surface area contributed by atoms with Gasteiger partial charge in [0.1, 0.15) is 0 Å². The van der Waals surface area contributed by atoms with Crippen LogP contribution in [0.15, 0.2) is 134 Å². The summed E-state index contributed by atoms with van der Waals surface area (Å²) in [5.41, 5.74) is 7.68. The van der Waals surface area contributed by atoms with E-state index in [1.54, 1.807) is 0 Å². The number of nitrogens with zero attached hydrogens (tertiary/aromatic N) is 2. The van der Waals surface area contributed by atoms with E-state index in [9.17, 15) is 0 Å². The minimum Gasteiger partial charge on any atom is -0.237 e. The maximum atomic E-state index is 5.04. The van der Waals surface area contributed by atoms with E-state index in [0.29, 0.717) is 0 Å². The van der Waals surface area contributed by atoms with Gasteiger partial charge >= 0.3 is 0 Å². The molecule has 0 aliphatic rings. The number of aromatic nitrogens is 2. The number of rotatable bonds is 4. The Morgan fingerprint density at radius 1 is 0.432 bits per heavy atom. The minimum atomic E-state index is 0.726. The smallest absolute Gasteiger partial charge is 0.159 e. The molecule has 0 unspecified atom stereocenters. The van der Waals surface area contributed by atoms with Crippen LogP contribution < -0.4 is 0 Å². The lowest BCUT2D eigenvalue weighted by molar-refractivity contribution is 1.18. The molecule has 0 N–H and O–H groups in total. The summed E-state index contributed by atoms with van der Waals surface area (Å²) in [6.45, 7) is 0. The Kier molecular flexibility index (Phi) is 5.34. The highest BCUT2D eigenvalue weighted by Crippen LogP contribution is 2.36. The van der Waals surface area contributed by atoms with E-state index in [1.807, 2.05) is 35.7 Å². The van der Waals surface area contributed by atoms with Gasteiger partial charge in [0, 0.05) is 37.5 Å². The highest BCUT2D eigenvalue weighted by molar-refractivity contribution is 7.25. The zero-order chi connectivity index (χ0) is 24.6. The van der Waals surface area contributed by atoms with Crippen LogP contribution in [0.4, 0.5) is 0 Å². The normalized spacial score (nSPS) is 11.2. The van der Waals surface area contributed by atoms with E-state index < -0.39 is 0 Å². The summed E-state index contributed by atoms with van der Waals surface area (Å²) in [5.74, 6) is 0.726. The summed E-state index contributed by atoms with van der Waals surface area (Å²) in [5, 5.41) is 2.60. The predicted octanol–water partition coefficient (Wildman–Crippen LogP) is 9.51. The summed E-state index contributed by atoms with van der Waals surface area (Å²) in [6, 6.07) is 44.8. The van der Waals surface area contributed by atoms with Crippen molar-refractivity contribution in [3.8, 4) is 44.9 Å². The van der Waals surface area contributed by atoms with Crippen LogP contribution in [0, 0.1) is 0 Å². The summed E-state index contributed by atoms with van der Waals surface area (Å²) in [6.07, 6.45) is 1.87. The molecule has 7 aromatic rings. The van der Waals surface area contributed by atoms with Gasteiger partial charge in [-0.2, -0.15) is 0 Å². The van der Waals surface area contributed by atoms with Crippen molar-refractivity contribution in [1.82, 2.24) is 9.97 Å². The molecule has 37 heavy (non-hydrogen) atoms. The van der Waals surface area contributed by atoms with Crippen LogP contribution in [0.25, 0.3) is 65.1 Å². The van der Waals surface area contributed by atoms with Crippen molar-refractivity contribution < 1.29 is 0 Å². The summed E-state index contributed by atoms with van der Waals surface area (Å²) < 4.78 is 2.58. The maximum Gasteiger partial charge on any atom is 0.159 e. The van der Waals surface area contributed by atoms with Crippen LogP contribution in [-0.2, 0) is 0 Å². The van der Waals surface area contributed by atoms with E-state index in [4.69, 9.17) is 9.97 Å². The fourth-order valence-electron chi connectivity index (χ4n) is 4.90.